The van der Waals surface area contributed by atoms with Crippen molar-refractivity contribution < 1.29 is 19.1 Å². The molecule has 1 amide bonds. The smallest absolute Gasteiger partial charge is 0.307 e. The van der Waals surface area contributed by atoms with Crippen LogP contribution >= 0.6 is 11.6 Å². The summed E-state index contributed by atoms with van der Waals surface area (Å²) in [6.45, 7) is 3.46. The molecule has 0 aliphatic heterocycles. The first-order chi connectivity index (χ1) is 9.42. The summed E-state index contributed by atoms with van der Waals surface area (Å²) in [4.78, 5) is 22.7. The Hall–Kier alpha value is -1.75. The lowest BCUT2D eigenvalue weighted by Gasteiger charge is -2.13. The Bertz CT molecular complexity index is 490. The molecular formula is C14H18ClNO4. The largest absolute Gasteiger partial charge is 0.484 e. The molecule has 1 atom stereocenters. The van der Waals surface area contributed by atoms with E-state index in [1.54, 1.807) is 25.1 Å². The van der Waals surface area contributed by atoms with Crippen molar-refractivity contribution in [3.63, 3.8) is 0 Å². The molecule has 20 heavy (non-hydrogen) atoms. The van der Waals surface area contributed by atoms with Gasteiger partial charge in [-0.05, 0) is 37.6 Å². The third-order valence-electron chi connectivity index (χ3n) is 2.61. The normalized spacial score (nSPS) is 11.6. The van der Waals surface area contributed by atoms with Gasteiger partial charge in [-0.15, -0.1) is 0 Å². The molecule has 0 radical (unpaired) electrons. The van der Waals surface area contributed by atoms with E-state index < -0.39 is 0 Å². The fraction of sp³-hybridized carbons (Fsp3) is 0.429. The van der Waals surface area contributed by atoms with Crippen LogP contribution in [0, 0.1) is 6.92 Å². The number of halogens is 1. The average Bonchev–Trinajstić information content (AvgIpc) is 2.39. The van der Waals surface area contributed by atoms with Crippen molar-refractivity contribution in [3.05, 3.63) is 28.8 Å². The van der Waals surface area contributed by atoms with Crippen LogP contribution in [0.5, 0.6) is 5.75 Å². The number of carbonyl (C=O) groups is 2. The van der Waals surface area contributed by atoms with Gasteiger partial charge in [0, 0.05) is 11.1 Å². The monoisotopic (exact) mass is 299 g/mol. The summed E-state index contributed by atoms with van der Waals surface area (Å²) in [5.74, 6) is -0.0938. The second-order valence-electron chi connectivity index (χ2n) is 4.45. The van der Waals surface area contributed by atoms with Crippen LogP contribution in [0.1, 0.15) is 18.9 Å². The number of ether oxygens (including phenoxy) is 2. The van der Waals surface area contributed by atoms with Crippen molar-refractivity contribution >= 4 is 23.5 Å². The summed E-state index contributed by atoms with van der Waals surface area (Å²) < 4.78 is 9.87. The molecule has 0 spiro atoms. The molecule has 0 saturated carbocycles. The van der Waals surface area contributed by atoms with Gasteiger partial charge in [-0.1, -0.05) is 11.6 Å². The van der Waals surface area contributed by atoms with Crippen molar-refractivity contribution in [1.29, 1.82) is 0 Å². The summed E-state index contributed by atoms with van der Waals surface area (Å²) in [5.41, 5.74) is 0.878. The highest BCUT2D eigenvalue weighted by Gasteiger charge is 2.12. The predicted molar refractivity (Wildman–Crippen MR) is 75.9 cm³/mol. The molecule has 0 aliphatic rings. The lowest BCUT2D eigenvalue weighted by Crippen LogP contribution is -2.37. The van der Waals surface area contributed by atoms with Gasteiger partial charge in [0.25, 0.3) is 5.91 Å². The highest BCUT2D eigenvalue weighted by Crippen LogP contribution is 2.20. The fourth-order valence-electron chi connectivity index (χ4n) is 1.56. The zero-order chi connectivity index (χ0) is 15.1. The fourth-order valence-corrected chi connectivity index (χ4v) is 1.67. The highest BCUT2D eigenvalue weighted by molar-refractivity contribution is 6.31. The highest BCUT2D eigenvalue weighted by atomic mass is 35.5. The topological polar surface area (TPSA) is 64.6 Å². The van der Waals surface area contributed by atoms with Crippen LogP contribution in [0.4, 0.5) is 0 Å². The molecule has 5 nitrogen and oxygen atoms in total. The minimum Gasteiger partial charge on any atom is -0.484 e. The van der Waals surface area contributed by atoms with Crippen molar-refractivity contribution in [1.82, 2.24) is 5.32 Å². The Balaban J connectivity index is 2.39. The molecule has 0 heterocycles. The van der Waals surface area contributed by atoms with E-state index in [4.69, 9.17) is 16.3 Å². The van der Waals surface area contributed by atoms with E-state index in [9.17, 15) is 9.59 Å². The Labute approximate surface area is 123 Å². The van der Waals surface area contributed by atoms with E-state index in [0.717, 1.165) is 5.56 Å². The zero-order valence-corrected chi connectivity index (χ0v) is 12.5. The minimum atomic E-state index is -0.368. The third kappa shape index (κ3) is 5.48. The summed E-state index contributed by atoms with van der Waals surface area (Å²) in [6.07, 6.45) is 0.127. The number of carbonyl (C=O) groups excluding carboxylic acids is 2. The van der Waals surface area contributed by atoms with Gasteiger partial charge in [-0.2, -0.15) is 0 Å². The van der Waals surface area contributed by atoms with Gasteiger partial charge < -0.3 is 14.8 Å². The summed E-state index contributed by atoms with van der Waals surface area (Å²) in [5, 5.41) is 3.30. The SMILES string of the molecule is COC(=O)CC(C)NC(=O)COc1ccc(Cl)c(C)c1. The first-order valence-corrected chi connectivity index (χ1v) is 6.55. The molecular weight excluding hydrogens is 282 g/mol. The van der Waals surface area contributed by atoms with Crippen molar-refractivity contribution in [2.24, 2.45) is 0 Å². The Kier molecular flexibility index (Phi) is 6.31. The number of hydrogen-bond acceptors (Lipinski definition) is 4. The van der Waals surface area contributed by atoms with Crippen molar-refractivity contribution in [3.8, 4) is 5.75 Å². The zero-order valence-electron chi connectivity index (χ0n) is 11.7. The van der Waals surface area contributed by atoms with Gasteiger partial charge in [-0.3, -0.25) is 9.59 Å². The summed E-state index contributed by atoms with van der Waals surface area (Å²) in [7, 11) is 1.31. The average molecular weight is 300 g/mol. The molecule has 0 aromatic heterocycles. The van der Waals surface area contributed by atoms with Gasteiger partial charge in [-0.25, -0.2) is 0 Å². The van der Waals surface area contributed by atoms with E-state index in [2.05, 4.69) is 10.1 Å². The van der Waals surface area contributed by atoms with E-state index in [-0.39, 0.29) is 30.9 Å². The molecule has 0 saturated heterocycles. The number of esters is 1. The number of aryl methyl sites for hydroxylation is 1. The Morgan fingerprint density at radius 2 is 2.10 bits per heavy atom. The molecule has 1 N–H and O–H groups in total. The van der Waals surface area contributed by atoms with Gasteiger partial charge in [0.2, 0.25) is 0 Å². The number of hydrogen-bond donors (Lipinski definition) is 1. The molecule has 0 aliphatic carbocycles. The molecule has 1 aromatic carbocycles. The molecule has 1 unspecified atom stereocenters. The maximum Gasteiger partial charge on any atom is 0.307 e. The molecule has 1 aromatic rings. The van der Waals surface area contributed by atoms with Crippen LogP contribution in [0.25, 0.3) is 0 Å². The maximum absolute atomic E-state index is 11.6. The van der Waals surface area contributed by atoms with Crippen LogP contribution in [0.2, 0.25) is 5.02 Å². The molecule has 110 valence electrons. The van der Waals surface area contributed by atoms with E-state index in [1.807, 2.05) is 6.92 Å². The van der Waals surface area contributed by atoms with Gasteiger partial charge in [0.1, 0.15) is 5.75 Å². The first kappa shape index (κ1) is 16.3. The molecule has 6 heteroatoms. The first-order valence-electron chi connectivity index (χ1n) is 6.17. The van der Waals surface area contributed by atoms with Crippen LogP contribution in [0.3, 0.4) is 0 Å². The van der Waals surface area contributed by atoms with E-state index >= 15 is 0 Å². The minimum absolute atomic E-state index is 0.118. The molecule has 0 bridgehead atoms. The number of methoxy groups -OCH3 is 1. The second kappa shape index (κ2) is 7.75. The van der Waals surface area contributed by atoms with Crippen molar-refractivity contribution in [2.45, 2.75) is 26.3 Å². The van der Waals surface area contributed by atoms with Gasteiger partial charge >= 0.3 is 5.97 Å². The lowest BCUT2D eigenvalue weighted by molar-refractivity contribution is -0.141. The summed E-state index contributed by atoms with van der Waals surface area (Å²) >= 11 is 5.90. The van der Waals surface area contributed by atoms with E-state index in [0.29, 0.717) is 10.8 Å². The summed E-state index contributed by atoms with van der Waals surface area (Å²) in [6, 6.07) is 4.86. The van der Waals surface area contributed by atoms with Crippen LogP contribution in [-0.2, 0) is 14.3 Å². The number of rotatable bonds is 6. The quantitative estimate of drug-likeness (QED) is 0.817. The third-order valence-corrected chi connectivity index (χ3v) is 3.03. The number of amides is 1. The van der Waals surface area contributed by atoms with Crippen molar-refractivity contribution in [2.75, 3.05) is 13.7 Å². The standard InChI is InChI=1S/C14H18ClNO4/c1-9-6-11(4-5-12(9)15)20-8-13(17)16-10(2)7-14(18)19-3/h4-6,10H,7-8H2,1-3H3,(H,16,17). The number of nitrogens with one attached hydrogen (secondary N) is 1. The molecule has 0 fully saturated rings. The number of benzene rings is 1. The molecule has 1 rings (SSSR count). The van der Waals surface area contributed by atoms with Gasteiger partial charge in [0.15, 0.2) is 6.61 Å². The second-order valence-corrected chi connectivity index (χ2v) is 4.86. The Morgan fingerprint density at radius 1 is 1.40 bits per heavy atom. The van der Waals surface area contributed by atoms with Crippen LogP contribution in [0.15, 0.2) is 18.2 Å². The van der Waals surface area contributed by atoms with Crippen LogP contribution in [-0.4, -0.2) is 31.6 Å². The Morgan fingerprint density at radius 3 is 2.70 bits per heavy atom. The maximum atomic E-state index is 11.6. The predicted octanol–water partition coefficient (Wildman–Crippen LogP) is 2.10. The van der Waals surface area contributed by atoms with Crippen LogP contribution < -0.4 is 10.1 Å². The lowest BCUT2D eigenvalue weighted by atomic mass is 10.2. The van der Waals surface area contributed by atoms with Gasteiger partial charge in [0.05, 0.1) is 13.5 Å². The van der Waals surface area contributed by atoms with E-state index in [1.165, 1.54) is 7.11 Å².